The van der Waals surface area contributed by atoms with Crippen molar-refractivity contribution in [2.45, 2.75) is 32.5 Å². The van der Waals surface area contributed by atoms with Crippen molar-refractivity contribution in [2.75, 3.05) is 6.79 Å². The first-order valence-corrected chi connectivity index (χ1v) is 4.89. The molecule has 0 spiro atoms. The lowest BCUT2D eigenvalue weighted by molar-refractivity contribution is 0.0434. The topological polar surface area (TPSA) is 18.5 Å². The molecule has 0 aromatic heterocycles. The zero-order chi connectivity index (χ0) is 9.26. The molecule has 2 unspecified atom stereocenters. The van der Waals surface area contributed by atoms with Crippen LogP contribution in [0.15, 0.2) is 23.8 Å². The smallest absolute Gasteiger partial charge is 0.148 e. The molecule has 2 rings (SSSR count). The first-order valence-electron chi connectivity index (χ1n) is 4.89. The van der Waals surface area contributed by atoms with Crippen LogP contribution < -0.4 is 0 Å². The van der Waals surface area contributed by atoms with Crippen LogP contribution in [0, 0.1) is 5.92 Å². The summed E-state index contributed by atoms with van der Waals surface area (Å²) in [7, 11) is 0. The van der Waals surface area contributed by atoms with Gasteiger partial charge in [-0.25, -0.2) is 0 Å². The van der Waals surface area contributed by atoms with Gasteiger partial charge in [0, 0.05) is 0 Å². The minimum absolute atomic E-state index is 0.174. The highest BCUT2D eigenvalue weighted by Crippen LogP contribution is 2.24. The summed E-state index contributed by atoms with van der Waals surface area (Å²) in [6.07, 6.45) is 7.95. The molecule has 2 nitrogen and oxygen atoms in total. The number of allylic oxidation sites excluding steroid dienone is 2. The van der Waals surface area contributed by atoms with Crippen molar-refractivity contribution in [1.82, 2.24) is 0 Å². The van der Waals surface area contributed by atoms with E-state index in [0.717, 1.165) is 6.42 Å². The molecule has 13 heavy (non-hydrogen) atoms. The predicted octanol–water partition coefficient (Wildman–Crippen LogP) is 2.27. The van der Waals surface area contributed by atoms with Crippen LogP contribution in [-0.2, 0) is 9.47 Å². The minimum Gasteiger partial charge on any atom is -0.349 e. The summed E-state index contributed by atoms with van der Waals surface area (Å²) in [4.78, 5) is 0. The molecule has 1 saturated heterocycles. The van der Waals surface area contributed by atoms with Gasteiger partial charge in [0.05, 0.1) is 6.10 Å². The quantitative estimate of drug-likeness (QED) is 0.616. The molecular weight excluding hydrogens is 164 g/mol. The van der Waals surface area contributed by atoms with E-state index in [9.17, 15) is 0 Å². The van der Waals surface area contributed by atoms with Gasteiger partial charge < -0.3 is 9.47 Å². The van der Waals surface area contributed by atoms with Gasteiger partial charge in [-0.1, -0.05) is 32.1 Å². The molecule has 1 fully saturated rings. The molecule has 72 valence electrons. The maximum Gasteiger partial charge on any atom is 0.148 e. The molecule has 1 aliphatic carbocycles. The summed E-state index contributed by atoms with van der Waals surface area (Å²) in [5.41, 5.74) is 1.39. The second-order valence-electron chi connectivity index (χ2n) is 3.91. The Balaban J connectivity index is 2.11. The number of fused-ring (bicyclic) bond motifs is 1. The Hall–Kier alpha value is -0.600. The second-order valence-corrected chi connectivity index (χ2v) is 3.91. The average Bonchev–Trinajstić information content (AvgIpc) is 2.44. The summed E-state index contributed by atoms with van der Waals surface area (Å²) in [6.45, 7) is 4.86. The van der Waals surface area contributed by atoms with Crippen molar-refractivity contribution in [2.24, 2.45) is 5.92 Å². The van der Waals surface area contributed by atoms with E-state index in [-0.39, 0.29) is 12.2 Å². The SMILES string of the molecule is CC(C)C1=CCC2OCOC2C=C1. The fourth-order valence-corrected chi connectivity index (χ4v) is 1.74. The minimum atomic E-state index is 0.174. The molecule has 0 amide bonds. The Morgan fingerprint density at radius 1 is 1.38 bits per heavy atom. The maximum absolute atomic E-state index is 5.45. The monoisotopic (exact) mass is 180 g/mol. The van der Waals surface area contributed by atoms with Crippen molar-refractivity contribution >= 4 is 0 Å². The summed E-state index contributed by atoms with van der Waals surface area (Å²) in [6, 6.07) is 0. The lowest BCUT2D eigenvalue weighted by Gasteiger charge is -2.08. The van der Waals surface area contributed by atoms with Crippen LogP contribution in [0.5, 0.6) is 0 Å². The van der Waals surface area contributed by atoms with E-state index in [1.807, 2.05) is 0 Å². The molecule has 0 bridgehead atoms. The molecular formula is C11H16O2. The third-order valence-electron chi connectivity index (χ3n) is 2.64. The first kappa shape index (κ1) is 8.97. The second kappa shape index (κ2) is 3.64. The van der Waals surface area contributed by atoms with Gasteiger partial charge in [-0.05, 0) is 17.9 Å². The third-order valence-corrected chi connectivity index (χ3v) is 2.64. The van der Waals surface area contributed by atoms with Gasteiger partial charge in [-0.2, -0.15) is 0 Å². The summed E-state index contributed by atoms with van der Waals surface area (Å²) >= 11 is 0. The largest absolute Gasteiger partial charge is 0.349 e. The van der Waals surface area contributed by atoms with Crippen molar-refractivity contribution in [3.63, 3.8) is 0 Å². The van der Waals surface area contributed by atoms with Crippen LogP contribution in [0.1, 0.15) is 20.3 Å². The molecule has 0 aromatic carbocycles. The van der Waals surface area contributed by atoms with Crippen LogP contribution in [0.4, 0.5) is 0 Å². The third kappa shape index (κ3) is 1.84. The Labute approximate surface area is 79.2 Å². The van der Waals surface area contributed by atoms with E-state index in [0.29, 0.717) is 12.7 Å². The van der Waals surface area contributed by atoms with E-state index >= 15 is 0 Å². The van der Waals surface area contributed by atoms with Gasteiger partial charge >= 0.3 is 0 Å². The van der Waals surface area contributed by atoms with Gasteiger partial charge in [0.2, 0.25) is 0 Å². The van der Waals surface area contributed by atoms with Crippen LogP contribution in [-0.4, -0.2) is 19.0 Å². The van der Waals surface area contributed by atoms with Crippen molar-refractivity contribution in [3.8, 4) is 0 Å². The number of hydrogen-bond donors (Lipinski definition) is 0. The van der Waals surface area contributed by atoms with Crippen LogP contribution in [0.25, 0.3) is 0 Å². The highest BCUT2D eigenvalue weighted by molar-refractivity contribution is 5.25. The maximum atomic E-state index is 5.45. The van der Waals surface area contributed by atoms with Gasteiger partial charge in [-0.15, -0.1) is 0 Å². The molecule has 1 aliphatic heterocycles. The van der Waals surface area contributed by atoms with E-state index in [4.69, 9.17) is 9.47 Å². The van der Waals surface area contributed by atoms with Gasteiger partial charge in [-0.3, -0.25) is 0 Å². The molecule has 1 heterocycles. The zero-order valence-corrected chi connectivity index (χ0v) is 8.19. The summed E-state index contributed by atoms with van der Waals surface area (Å²) in [5.74, 6) is 0.593. The molecule has 0 radical (unpaired) electrons. The predicted molar refractivity (Wildman–Crippen MR) is 51.3 cm³/mol. The first-order chi connectivity index (χ1) is 6.27. The van der Waals surface area contributed by atoms with Crippen LogP contribution in [0.2, 0.25) is 0 Å². The summed E-state index contributed by atoms with van der Waals surface area (Å²) in [5, 5.41) is 0. The molecule has 2 heteroatoms. The van der Waals surface area contributed by atoms with Crippen molar-refractivity contribution in [1.29, 1.82) is 0 Å². The average molecular weight is 180 g/mol. The lowest BCUT2D eigenvalue weighted by Crippen LogP contribution is -2.18. The number of hydrogen-bond acceptors (Lipinski definition) is 2. The van der Waals surface area contributed by atoms with Crippen molar-refractivity contribution in [3.05, 3.63) is 23.8 Å². The highest BCUT2D eigenvalue weighted by atomic mass is 16.7. The van der Waals surface area contributed by atoms with E-state index in [2.05, 4.69) is 32.1 Å². The fourth-order valence-electron chi connectivity index (χ4n) is 1.74. The van der Waals surface area contributed by atoms with E-state index in [1.165, 1.54) is 5.57 Å². The summed E-state index contributed by atoms with van der Waals surface area (Å²) < 4.78 is 10.9. The molecule has 2 aliphatic rings. The standard InChI is InChI=1S/C11H16O2/c1-8(2)9-3-5-10-11(6-4-9)13-7-12-10/h3-5,8,10-11H,6-7H2,1-2H3. The Bertz CT molecular complexity index is 240. The van der Waals surface area contributed by atoms with E-state index < -0.39 is 0 Å². The lowest BCUT2D eigenvalue weighted by atomic mass is 10.0. The number of rotatable bonds is 1. The van der Waals surface area contributed by atoms with Crippen molar-refractivity contribution < 1.29 is 9.47 Å². The van der Waals surface area contributed by atoms with E-state index in [1.54, 1.807) is 0 Å². The molecule has 2 atom stereocenters. The van der Waals surface area contributed by atoms with Gasteiger partial charge in [0.1, 0.15) is 12.9 Å². The Morgan fingerprint density at radius 2 is 2.23 bits per heavy atom. The van der Waals surface area contributed by atoms with Gasteiger partial charge in [0.15, 0.2) is 0 Å². The van der Waals surface area contributed by atoms with Gasteiger partial charge in [0.25, 0.3) is 0 Å². The normalized spacial score (nSPS) is 33.0. The number of ether oxygens (including phenoxy) is 2. The Morgan fingerprint density at radius 3 is 3.00 bits per heavy atom. The fraction of sp³-hybridized carbons (Fsp3) is 0.636. The zero-order valence-electron chi connectivity index (χ0n) is 8.19. The Kier molecular flexibility index (Phi) is 2.51. The molecule has 0 N–H and O–H groups in total. The van der Waals surface area contributed by atoms with Crippen LogP contribution >= 0.6 is 0 Å². The molecule has 0 saturated carbocycles. The highest BCUT2D eigenvalue weighted by Gasteiger charge is 2.27. The molecule has 0 aromatic rings. The van der Waals surface area contributed by atoms with Crippen LogP contribution in [0.3, 0.4) is 0 Å².